The van der Waals surface area contributed by atoms with Crippen LogP contribution in [0.1, 0.15) is 33.1 Å². The van der Waals surface area contributed by atoms with Crippen LogP contribution >= 0.6 is 11.6 Å². The Bertz CT molecular complexity index is 755. The van der Waals surface area contributed by atoms with Gasteiger partial charge in [0.05, 0.1) is 19.3 Å². The van der Waals surface area contributed by atoms with E-state index in [9.17, 15) is 4.79 Å². The number of benzene rings is 2. The number of carbonyl (C=O) groups is 1. The second-order valence-electron chi connectivity index (χ2n) is 6.72. The molecule has 3 rings (SSSR count). The molecule has 0 saturated carbocycles. The number of amides is 1. The first-order valence-corrected chi connectivity index (χ1v) is 9.35. The Morgan fingerprint density at radius 2 is 1.81 bits per heavy atom. The molecule has 1 heterocycles. The summed E-state index contributed by atoms with van der Waals surface area (Å²) in [5.41, 5.74) is 4.16. The average molecular weight is 373 g/mol. The molecule has 1 amide bonds. The van der Waals surface area contributed by atoms with E-state index in [1.807, 2.05) is 56.3 Å². The Morgan fingerprint density at radius 3 is 2.46 bits per heavy atom. The fraction of sp³-hybridized carbons (Fsp3) is 0.381. The van der Waals surface area contributed by atoms with E-state index < -0.39 is 0 Å². The van der Waals surface area contributed by atoms with Gasteiger partial charge >= 0.3 is 0 Å². The number of nitrogens with zero attached hydrogens (tertiary/aromatic N) is 1. The number of halogens is 1. The van der Waals surface area contributed by atoms with E-state index in [4.69, 9.17) is 16.3 Å². The summed E-state index contributed by atoms with van der Waals surface area (Å²) >= 11 is 6.03. The molecular formula is C21H25ClN2O2. The molecule has 1 fully saturated rings. The standard InChI is InChI=1S/C21H25ClN2O2/c1-15-3-4-18(13-16(15)2)21(25)23-14-20(24-9-11-26-12-10-24)17-5-7-19(22)8-6-17/h3-8,13,20H,9-12,14H2,1-2H3,(H,23,25). The second-order valence-corrected chi connectivity index (χ2v) is 7.16. The number of hydrogen-bond donors (Lipinski definition) is 1. The lowest BCUT2D eigenvalue weighted by molar-refractivity contribution is 0.0162. The van der Waals surface area contributed by atoms with Gasteiger partial charge in [0.25, 0.3) is 5.91 Å². The predicted molar refractivity (Wildman–Crippen MR) is 105 cm³/mol. The number of hydrogen-bond acceptors (Lipinski definition) is 3. The quantitative estimate of drug-likeness (QED) is 0.868. The SMILES string of the molecule is Cc1ccc(C(=O)NCC(c2ccc(Cl)cc2)N2CCOCC2)cc1C. The maximum absolute atomic E-state index is 12.6. The maximum Gasteiger partial charge on any atom is 0.251 e. The average Bonchev–Trinajstić information content (AvgIpc) is 2.66. The van der Waals surface area contributed by atoms with Crippen LogP contribution in [0.4, 0.5) is 0 Å². The van der Waals surface area contributed by atoms with Crippen LogP contribution in [-0.4, -0.2) is 43.7 Å². The summed E-state index contributed by atoms with van der Waals surface area (Å²) in [5, 5.41) is 3.82. The predicted octanol–water partition coefficient (Wildman–Crippen LogP) is 3.76. The topological polar surface area (TPSA) is 41.6 Å². The summed E-state index contributed by atoms with van der Waals surface area (Å²) in [6.07, 6.45) is 0. The lowest BCUT2D eigenvalue weighted by Gasteiger charge is -2.35. The van der Waals surface area contributed by atoms with E-state index in [0.717, 1.165) is 37.4 Å². The minimum absolute atomic E-state index is 0.0414. The normalized spacial score (nSPS) is 16.3. The van der Waals surface area contributed by atoms with Crippen molar-refractivity contribution in [2.45, 2.75) is 19.9 Å². The fourth-order valence-electron chi connectivity index (χ4n) is 3.21. The summed E-state index contributed by atoms with van der Waals surface area (Å²) in [7, 11) is 0. The van der Waals surface area contributed by atoms with Crippen molar-refractivity contribution < 1.29 is 9.53 Å². The largest absolute Gasteiger partial charge is 0.379 e. The molecule has 2 aromatic rings. The van der Waals surface area contributed by atoms with Crippen LogP contribution in [0.15, 0.2) is 42.5 Å². The van der Waals surface area contributed by atoms with Gasteiger partial charge in [0.2, 0.25) is 0 Å². The van der Waals surface area contributed by atoms with Crippen molar-refractivity contribution >= 4 is 17.5 Å². The first-order valence-electron chi connectivity index (χ1n) is 8.97. The summed E-state index contributed by atoms with van der Waals surface area (Å²) in [6.45, 7) is 7.76. The molecule has 0 aromatic heterocycles. The number of morpholine rings is 1. The van der Waals surface area contributed by atoms with Gasteiger partial charge in [-0.3, -0.25) is 9.69 Å². The first kappa shape index (κ1) is 18.9. The Hall–Kier alpha value is -1.88. The van der Waals surface area contributed by atoms with Crippen molar-refractivity contribution in [3.05, 3.63) is 69.7 Å². The van der Waals surface area contributed by atoms with Crippen LogP contribution in [0.25, 0.3) is 0 Å². The van der Waals surface area contributed by atoms with Gasteiger partial charge in [0.15, 0.2) is 0 Å². The van der Waals surface area contributed by atoms with Crippen molar-refractivity contribution in [1.29, 1.82) is 0 Å². The molecule has 1 aliphatic rings. The third kappa shape index (κ3) is 4.64. The fourth-order valence-corrected chi connectivity index (χ4v) is 3.33. The number of ether oxygens (including phenoxy) is 1. The minimum atomic E-state index is -0.0414. The smallest absolute Gasteiger partial charge is 0.251 e. The zero-order valence-electron chi connectivity index (χ0n) is 15.3. The third-order valence-corrected chi connectivity index (χ3v) is 5.22. The molecular weight excluding hydrogens is 348 g/mol. The lowest BCUT2D eigenvalue weighted by atomic mass is 10.0. The number of rotatable bonds is 5. The molecule has 5 heteroatoms. The van der Waals surface area contributed by atoms with Gasteiger partial charge in [-0.25, -0.2) is 0 Å². The summed E-state index contributed by atoms with van der Waals surface area (Å²) < 4.78 is 5.47. The Morgan fingerprint density at radius 1 is 1.12 bits per heavy atom. The highest BCUT2D eigenvalue weighted by molar-refractivity contribution is 6.30. The molecule has 1 N–H and O–H groups in total. The molecule has 1 saturated heterocycles. The molecule has 1 atom stereocenters. The minimum Gasteiger partial charge on any atom is -0.379 e. The molecule has 1 unspecified atom stereocenters. The molecule has 26 heavy (non-hydrogen) atoms. The summed E-state index contributed by atoms with van der Waals surface area (Å²) in [4.78, 5) is 15.0. The first-order chi connectivity index (χ1) is 12.5. The van der Waals surface area contributed by atoms with E-state index in [-0.39, 0.29) is 11.9 Å². The van der Waals surface area contributed by atoms with Crippen molar-refractivity contribution in [3.8, 4) is 0 Å². The Labute approximate surface area is 160 Å². The van der Waals surface area contributed by atoms with Gasteiger partial charge in [0.1, 0.15) is 0 Å². The molecule has 0 spiro atoms. The van der Waals surface area contributed by atoms with Crippen LogP contribution in [0.5, 0.6) is 0 Å². The van der Waals surface area contributed by atoms with Crippen LogP contribution < -0.4 is 5.32 Å². The van der Waals surface area contributed by atoms with Crippen molar-refractivity contribution in [1.82, 2.24) is 10.2 Å². The zero-order valence-corrected chi connectivity index (χ0v) is 16.1. The molecule has 0 bridgehead atoms. The molecule has 2 aromatic carbocycles. The van der Waals surface area contributed by atoms with Gasteiger partial charge in [-0.05, 0) is 54.8 Å². The van der Waals surface area contributed by atoms with E-state index in [2.05, 4.69) is 10.2 Å². The zero-order chi connectivity index (χ0) is 18.5. The molecule has 4 nitrogen and oxygen atoms in total. The van der Waals surface area contributed by atoms with Crippen LogP contribution in [0.3, 0.4) is 0 Å². The molecule has 138 valence electrons. The highest BCUT2D eigenvalue weighted by Gasteiger charge is 2.23. The van der Waals surface area contributed by atoms with Crippen LogP contribution in [0, 0.1) is 13.8 Å². The van der Waals surface area contributed by atoms with E-state index in [0.29, 0.717) is 17.1 Å². The Balaban J connectivity index is 1.73. The van der Waals surface area contributed by atoms with E-state index >= 15 is 0 Å². The van der Waals surface area contributed by atoms with Gasteiger partial charge in [-0.15, -0.1) is 0 Å². The van der Waals surface area contributed by atoms with E-state index in [1.165, 1.54) is 5.56 Å². The van der Waals surface area contributed by atoms with Crippen molar-refractivity contribution in [2.24, 2.45) is 0 Å². The summed E-state index contributed by atoms with van der Waals surface area (Å²) in [5.74, 6) is -0.0414. The van der Waals surface area contributed by atoms with Crippen molar-refractivity contribution in [2.75, 3.05) is 32.8 Å². The number of carbonyl (C=O) groups excluding carboxylic acids is 1. The van der Waals surface area contributed by atoms with Crippen molar-refractivity contribution in [3.63, 3.8) is 0 Å². The number of nitrogens with one attached hydrogen (secondary N) is 1. The number of aryl methyl sites for hydroxylation is 2. The third-order valence-electron chi connectivity index (χ3n) is 4.97. The maximum atomic E-state index is 12.6. The highest BCUT2D eigenvalue weighted by Crippen LogP contribution is 2.23. The summed E-state index contributed by atoms with van der Waals surface area (Å²) in [6, 6.07) is 13.8. The van der Waals surface area contributed by atoms with Crippen LogP contribution in [-0.2, 0) is 4.74 Å². The van der Waals surface area contributed by atoms with Gasteiger partial charge in [-0.1, -0.05) is 29.8 Å². The van der Waals surface area contributed by atoms with Crippen LogP contribution in [0.2, 0.25) is 5.02 Å². The molecule has 1 aliphatic heterocycles. The molecule has 0 radical (unpaired) electrons. The Kier molecular flexibility index (Phi) is 6.30. The highest BCUT2D eigenvalue weighted by atomic mass is 35.5. The van der Waals surface area contributed by atoms with E-state index in [1.54, 1.807) is 0 Å². The van der Waals surface area contributed by atoms with Gasteiger partial charge < -0.3 is 10.1 Å². The molecule has 0 aliphatic carbocycles. The van der Waals surface area contributed by atoms with Gasteiger partial charge in [-0.2, -0.15) is 0 Å². The second kappa shape index (κ2) is 8.67. The monoisotopic (exact) mass is 372 g/mol. The lowest BCUT2D eigenvalue weighted by Crippen LogP contribution is -2.43. The van der Waals surface area contributed by atoms with Gasteiger partial charge in [0, 0.05) is 30.2 Å².